The maximum absolute atomic E-state index is 13.3. The van der Waals surface area contributed by atoms with Gasteiger partial charge in [-0.1, -0.05) is 29.4 Å². The van der Waals surface area contributed by atoms with E-state index in [1.807, 2.05) is 32.0 Å². The van der Waals surface area contributed by atoms with Gasteiger partial charge in [0, 0.05) is 12.2 Å². The van der Waals surface area contributed by atoms with E-state index in [1.54, 1.807) is 0 Å². The molecule has 0 spiro atoms. The highest BCUT2D eigenvalue weighted by Gasteiger charge is 2.31. The highest BCUT2D eigenvalue weighted by molar-refractivity contribution is 8.00. The lowest BCUT2D eigenvalue weighted by Crippen LogP contribution is -2.25. The van der Waals surface area contributed by atoms with Crippen molar-refractivity contribution in [1.29, 1.82) is 0 Å². The Balaban J connectivity index is 1.62. The molecule has 2 aromatic carbocycles. The highest BCUT2D eigenvalue weighted by Crippen LogP contribution is 2.34. The van der Waals surface area contributed by atoms with E-state index in [9.17, 15) is 22.8 Å². The SMILES string of the molecule is Cc1cc(C)cc(-n2c(SCC(=O)Nc3cc(C(F)(F)F)ccc3Cl)nc3c(c2=O)SCC3)c1. The number of fused-ring (bicyclic) bond motifs is 1. The molecule has 1 aliphatic heterocycles. The third-order valence-electron chi connectivity index (χ3n) is 5.03. The number of benzene rings is 2. The number of aryl methyl sites for hydroxylation is 3. The van der Waals surface area contributed by atoms with Crippen LogP contribution >= 0.6 is 35.1 Å². The minimum atomic E-state index is -4.56. The Labute approximate surface area is 207 Å². The van der Waals surface area contributed by atoms with Crippen LogP contribution in [-0.4, -0.2) is 27.0 Å². The topological polar surface area (TPSA) is 64.0 Å². The van der Waals surface area contributed by atoms with Crippen molar-refractivity contribution in [1.82, 2.24) is 9.55 Å². The molecule has 3 aromatic rings. The maximum atomic E-state index is 13.3. The number of hydrogen-bond donors (Lipinski definition) is 1. The molecule has 4 rings (SSSR count). The van der Waals surface area contributed by atoms with Crippen molar-refractivity contribution in [3.05, 3.63) is 74.2 Å². The molecule has 1 N–H and O–H groups in total. The molecule has 34 heavy (non-hydrogen) atoms. The van der Waals surface area contributed by atoms with E-state index in [2.05, 4.69) is 10.3 Å². The Morgan fingerprint density at radius 1 is 1.21 bits per heavy atom. The van der Waals surface area contributed by atoms with Gasteiger partial charge in [0.05, 0.1) is 38.3 Å². The number of alkyl halides is 3. The summed E-state index contributed by atoms with van der Waals surface area (Å²) in [6.45, 7) is 3.85. The number of halogens is 4. The van der Waals surface area contributed by atoms with E-state index < -0.39 is 17.6 Å². The van der Waals surface area contributed by atoms with Gasteiger partial charge in [0.25, 0.3) is 5.56 Å². The first-order chi connectivity index (χ1) is 16.0. The lowest BCUT2D eigenvalue weighted by atomic mass is 10.1. The molecule has 1 aromatic heterocycles. The number of hydrogen-bond acceptors (Lipinski definition) is 5. The summed E-state index contributed by atoms with van der Waals surface area (Å²) < 4.78 is 40.5. The molecule has 0 radical (unpaired) electrons. The third kappa shape index (κ3) is 5.29. The lowest BCUT2D eigenvalue weighted by Gasteiger charge is -2.15. The van der Waals surface area contributed by atoms with Gasteiger partial charge in [-0.15, -0.1) is 11.8 Å². The summed E-state index contributed by atoms with van der Waals surface area (Å²) in [5.41, 5.74) is 2.05. The van der Waals surface area contributed by atoms with E-state index >= 15 is 0 Å². The minimum Gasteiger partial charge on any atom is -0.324 e. The minimum absolute atomic E-state index is 0.00817. The van der Waals surface area contributed by atoms with E-state index in [0.29, 0.717) is 27.9 Å². The van der Waals surface area contributed by atoms with Crippen molar-refractivity contribution in [2.45, 2.75) is 36.5 Å². The number of nitrogens with zero attached hydrogens (tertiary/aromatic N) is 2. The van der Waals surface area contributed by atoms with Gasteiger partial charge >= 0.3 is 6.18 Å². The van der Waals surface area contributed by atoms with Crippen LogP contribution in [0, 0.1) is 13.8 Å². The molecule has 0 fully saturated rings. The largest absolute Gasteiger partial charge is 0.416 e. The molecule has 0 saturated carbocycles. The number of anilines is 1. The van der Waals surface area contributed by atoms with Crippen LogP contribution in [0.2, 0.25) is 5.02 Å². The van der Waals surface area contributed by atoms with Crippen molar-refractivity contribution >= 4 is 46.7 Å². The summed E-state index contributed by atoms with van der Waals surface area (Å²) in [6.07, 6.45) is -3.91. The van der Waals surface area contributed by atoms with Crippen LogP contribution in [0.25, 0.3) is 5.69 Å². The van der Waals surface area contributed by atoms with Crippen molar-refractivity contribution in [3.63, 3.8) is 0 Å². The van der Waals surface area contributed by atoms with Crippen LogP contribution in [0.4, 0.5) is 18.9 Å². The fraction of sp³-hybridized carbons (Fsp3) is 0.261. The van der Waals surface area contributed by atoms with Crippen LogP contribution in [0.5, 0.6) is 0 Å². The summed E-state index contributed by atoms with van der Waals surface area (Å²) in [7, 11) is 0. The first kappa shape index (κ1) is 24.7. The fourth-order valence-corrected chi connectivity index (χ4v) is 5.63. The Morgan fingerprint density at radius 2 is 1.91 bits per heavy atom. The number of carbonyl (C=O) groups excluding carboxylic acids is 1. The first-order valence-corrected chi connectivity index (χ1v) is 12.5. The number of nitrogens with one attached hydrogen (secondary N) is 1. The third-order valence-corrected chi connectivity index (χ3v) is 7.41. The predicted octanol–water partition coefficient (Wildman–Crippen LogP) is 5.90. The van der Waals surface area contributed by atoms with Crippen LogP contribution in [-0.2, 0) is 17.4 Å². The van der Waals surface area contributed by atoms with Crippen molar-refractivity contribution in [2.75, 3.05) is 16.8 Å². The molecule has 11 heteroatoms. The Morgan fingerprint density at radius 3 is 2.59 bits per heavy atom. The van der Waals surface area contributed by atoms with Crippen LogP contribution in [0.15, 0.2) is 51.2 Å². The number of rotatable bonds is 5. The van der Waals surface area contributed by atoms with Gasteiger partial charge in [0.15, 0.2) is 5.16 Å². The summed E-state index contributed by atoms with van der Waals surface area (Å²) in [5, 5.41) is 2.77. The first-order valence-electron chi connectivity index (χ1n) is 10.2. The van der Waals surface area contributed by atoms with E-state index in [-0.39, 0.29) is 22.0 Å². The quantitative estimate of drug-likeness (QED) is 0.332. The normalized spacial score (nSPS) is 13.1. The molecular weight excluding hydrogens is 507 g/mol. The average Bonchev–Trinajstić information content (AvgIpc) is 3.21. The van der Waals surface area contributed by atoms with Crippen molar-refractivity contribution in [2.24, 2.45) is 0 Å². The Bertz CT molecular complexity index is 1320. The molecule has 178 valence electrons. The van der Waals surface area contributed by atoms with Gasteiger partial charge in [-0.25, -0.2) is 4.98 Å². The van der Waals surface area contributed by atoms with Crippen molar-refractivity contribution < 1.29 is 18.0 Å². The van der Waals surface area contributed by atoms with Crippen LogP contribution in [0.3, 0.4) is 0 Å². The summed E-state index contributed by atoms with van der Waals surface area (Å²) in [4.78, 5) is 31.1. The molecule has 0 bridgehead atoms. The standard InChI is InChI=1S/C23H19ClF3N3O2S2/c1-12-7-13(2)9-15(8-12)30-21(32)20-17(5-6-33-20)29-22(30)34-11-19(31)28-18-10-14(23(25,26)27)3-4-16(18)24/h3-4,7-10H,5-6,11H2,1-2H3,(H,28,31). The zero-order chi connectivity index (χ0) is 24.6. The lowest BCUT2D eigenvalue weighted by molar-refractivity contribution is -0.137. The average molecular weight is 526 g/mol. The molecular formula is C23H19ClF3N3O2S2. The molecule has 0 unspecified atom stereocenters. The zero-order valence-corrected chi connectivity index (χ0v) is 20.5. The van der Waals surface area contributed by atoms with Gasteiger partial charge in [0.1, 0.15) is 0 Å². The smallest absolute Gasteiger partial charge is 0.324 e. The number of carbonyl (C=O) groups is 1. The van der Waals surface area contributed by atoms with Gasteiger partial charge in [-0.2, -0.15) is 13.2 Å². The molecule has 5 nitrogen and oxygen atoms in total. The highest BCUT2D eigenvalue weighted by atomic mass is 35.5. The molecule has 0 aliphatic carbocycles. The van der Waals surface area contributed by atoms with Gasteiger partial charge < -0.3 is 5.32 Å². The second kappa shape index (κ2) is 9.67. The number of thioether (sulfide) groups is 2. The fourth-order valence-electron chi connectivity index (χ4n) is 3.61. The summed E-state index contributed by atoms with van der Waals surface area (Å²) >= 11 is 8.48. The Hall–Kier alpha value is -2.43. The summed E-state index contributed by atoms with van der Waals surface area (Å²) in [6, 6.07) is 8.46. The van der Waals surface area contributed by atoms with Crippen LogP contribution < -0.4 is 10.9 Å². The van der Waals surface area contributed by atoms with Crippen molar-refractivity contribution in [3.8, 4) is 5.69 Å². The molecule has 2 heterocycles. The molecule has 1 aliphatic rings. The predicted molar refractivity (Wildman–Crippen MR) is 130 cm³/mol. The second-order valence-corrected chi connectivity index (χ2v) is 10.2. The van der Waals surface area contributed by atoms with E-state index in [4.69, 9.17) is 11.6 Å². The maximum Gasteiger partial charge on any atom is 0.416 e. The monoisotopic (exact) mass is 525 g/mol. The number of amides is 1. The summed E-state index contributed by atoms with van der Waals surface area (Å²) in [5.74, 6) is 0.0188. The number of aromatic nitrogens is 2. The van der Waals surface area contributed by atoms with E-state index in [0.717, 1.165) is 46.8 Å². The molecule has 1 amide bonds. The van der Waals surface area contributed by atoms with Gasteiger partial charge in [-0.05, 0) is 55.3 Å². The second-order valence-electron chi connectivity index (χ2n) is 7.78. The molecule has 0 atom stereocenters. The Kier molecular flexibility index (Phi) is 7.02. The molecule has 0 saturated heterocycles. The van der Waals surface area contributed by atoms with Gasteiger partial charge in [-0.3, -0.25) is 14.2 Å². The van der Waals surface area contributed by atoms with E-state index in [1.165, 1.54) is 16.3 Å². The van der Waals surface area contributed by atoms with Crippen LogP contribution in [0.1, 0.15) is 22.4 Å². The van der Waals surface area contributed by atoms with Gasteiger partial charge in [0.2, 0.25) is 5.91 Å². The zero-order valence-electron chi connectivity index (χ0n) is 18.1.